The first-order chi connectivity index (χ1) is 14.2. The van der Waals surface area contributed by atoms with Crippen LogP contribution in [0.25, 0.3) is 11.1 Å². The first-order valence-electron chi connectivity index (χ1n) is 10.8. The lowest BCUT2D eigenvalue weighted by Crippen LogP contribution is -2.53. The smallest absolute Gasteiger partial charge is 0.252 e. The number of hydrogen-bond acceptors (Lipinski definition) is 4. The van der Waals surface area contributed by atoms with Crippen LogP contribution in [-0.2, 0) is 4.79 Å². The number of rotatable bonds is 4. The van der Waals surface area contributed by atoms with Gasteiger partial charge in [0.25, 0.3) is 5.91 Å². The van der Waals surface area contributed by atoms with Crippen molar-refractivity contribution in [2.24, 2.45) is 0 Å². The van der Waals surface area contributed by atoms with Gasteiger partial charge in [0.05, 0.1) is 6.04 Å². The second-order valence-corrected chi connectivity index (χ2v) is 8.46. The summed E-state index contributed by atoms with van der Waals surface area (Å²) in [7, 11) is 0. The summed E-state index contributed by atoms with van der Waals surface area (Å²) in [6, 6.07) is 17.6. The highest BCUT2D eigenvalue weighted by Crippen LogP contribution is 2.46. The molecule has 3 aliphatic rings. The average molecular weight is 392 g/mol. The van der Waals surface area contributed by atoms with Crippen LogP contribution < -0.4 is 0 Å². The van der Waals surface area contributed by atoms with E-state index in [-0.39, 0.29) is 11.9 Å². The number of piperazine rings is 1. The minimum Gasteiger partial charge on any atom is -0.382 e. The van der Waals surface area contributed by atoms with E-state index in [4.69, 9.17) is 0 Å². The Morgan fingerprint density at radius 1 is 0.862 bits per heavy atom. The first-order valence-corrected chi connectivity index (χ1v) is 10.8. The molecular weight excluding hydrogens is 362 g/mol. The number of aliphatic hydroxyl groups excluding tert-OH is 1. The Labute approximate surface area is 172 Å². The van der Waals surface area contributed by atoms with Gasteiger partial charge in [0.2, 0.25) is 0 Å². The highest BCUT2D eigenvalue weighted by molar-refractivity contribution is 5.81. The lowest BCUT2D eigenvalue weighted by atomic mass is 10.0. The van der Waals surface area contributed by atoms with Crippen molar-refractivity contribution >= 4 is 5.91 Å². The summed E-state index contributed by atoms with van der Waals surface area (Å²) in [5.41, 5.74) is 5.38. The van der Waals surface area contributed by atoms with E-state index in [1.807, 2.05) is 4.90 Å². The highest BCUT2D eigenvalue weighted by atomic mass is 16.3. The molecule has 1 amide bonds. The normalized spacial score (nSPS) is 21.2. The van der Waals surface area contributed by atoms with Crippen molar-refractivity contribution in [2.75, 3.05) is 45.8 Å². The van der Waals surface area contributed by atoms with E-state index in [9.17, 15) is 9.90 Å². The zero-order chi connectivity index (χ0) is 19.8. The van der Waals surface area contributed by atoms with E-state index in [0.29, 0.717) is 19.6 Å². The van der Waals surface area contributed by atoms with Crippen LogP contribution in [0.3, 0.4) is 0 Å². The molecule has 0 aromatic heterocycles. The number of β-amino-alcohol motifs (C(OH)–C–C–N with tert-alkyl or cyclic N) is 1. The molecule has 2 aromatic rings. The molecule has 0 spiro atoms. The molecule has 2 fully saturated rings. The Hall–Kier alpha value is -2.21. The van der Waals surface area contributed by atoms with Crippen molar-refractivity contribution in [3.63, 3.8) is 0 Å². The predicted octanol–water partition coefficient (Wildman–Crippen LogP) is 2.36. The molecule has 1 N–H and O–H groups in total. The SMILES string of the molecule is O=C(C(O)CN1CCCC1)N1CCN(C2c3ccccc3-c3ccccc32)CC1. The standard InChI is InChI=1S/C24H29N3O2/c28-22(17-25-11-5-6-12-25)24(29)27-15-13-26(14-16-27)23-20-9-3-1-7-18(20)19-8-2-4-10-21(19)23/h1-4,7-10,22-23,28H,5-6,11-17H2. The molecule has 2 heterocycles. The fourth-order valence-electron chi connectivity index (χ4n) is 5.22. The molecule has 2 aromatic carbocycles. The topological polar surface area (TPSA) is 47.0 Å². The van der Waals surface area contributed by atoms with Gasteiger partial charge in [-0.1, -0.05) is 48.5 Å². The van der Waals surface area contributed by atoms with Gasteiger partial charge in [-0.3, -0.25) is 9.69 Å². The van der Waals surface area contributed by atoms with E-state index in [2.05, 4.69) is 58.3 Å². The third-order valence-corrected chi connectivity index (χ3v) is 6.71. The Kier molecular flexibility index (Phi) is 5.12. The van der Waals surface area contributed by atoms with Gasteiger partial charge in [-0.05, 0) is 48.2 Å². The zero-order valence-electron chi connectivity index (χ0n) is 16.8. The van der Waals surface area contributed by atoms with E-state index >= 15 is 0 Å². The number of carbonyl (C=O) groups excluding carboxylic acids is 1. The summed E-state index contributed by atoms with van der Waals surface area (Å²) in [5, 5.41) is 10.4. The summed E-state index contributed by atoms with van der Waals surface area (Å²) >= 11 is 0. The van der Waals surface area contributed by atoms with Gasteiger partial charge >= 0.3 is 0 Å². The second-order valence-electron chi connectivity index (χ2n) is 8.46. The molecule has 1 atom stereocenters. The summed E-state index contributed by atoms with van der Waals surface area (Å²) in [5.74, 6) is -0.108. The van der Waals surface area contributed by atoms with Gasteiger partial charge in [0.1, 0.15) is 6.10 Å². The Balaban J connectivity index is 1.27. The third-order valence-electron chi connectivity index (χ3n) is 6.71. The van der Waals surface area contributed by atoms with Crippen molar-refractivity contribution < 1.29 is 9.90 Å². The van der Waals surface area contributed by atoms with Crippen LogP contribution in [0.4, 0.5) is 0 Å². The van der Waals surface area contributed by atoms with E-state index in [1.165, 1.54) is 35.1 Å². The van der Waals surface area contributed by atoms with Crippen molar-refractivity contribution in [1.82, 2.24) is 14.7 Å². The van der Waals surface area contributed by atoms with Gasteiger partial charge in [0.15, 0.2) is 0 Å². The third kappa shape index (κ3) is 3.48. The van der Waals surface area contributed by atoms with Gasteiger partial charge in [0, 0.05) is 32.7 Å². The van der Waals surface area contributed by atoms with E-state index < -0.39 is 6.10 Å². The number of nitrogens with zero attached hydrogens (tertiary/aromatic N) is 3. The van der Waals surface area contributed by atoms with E-state index in [1.54, 1.807) is 0 Å². The lowest BCUT2D eigenvalue weighted by Gasteiger charge is -2.39. The number of likely N-dealkylation sites (tertiary alicyclic amines) is 1. The van der Waals surface area contributed by atoms with Crippen LogP contribution in [0.1, 0.15) is 30.0 Å². The lowest BCUT2D eigenvalue weighted by molar-refractivity contribution is -0.143. The molecule has 1 unspecified atom stereocenters. The number of carbonyl (C=O) groups is 1. The van der Waals surface area contributed by atoms with Crippen LogP contribution in [0.2, 0.25) is 0 Å². The molecule has 0 saturated carbocycles. The summed E-state index contributed by atoms with van der Waals surface area (Å²) in [6.45, 7) is 5.48. The number of fused-ring (bicyclic) bond motifs is 3. The maximum absolute atomic E-state index is 12.7. The van der Waals surface area contributed by atoms with Crippen molar-refractivity contribution in [2.45, 2.75) is 25.0 Å². The minimum atomic E-state index is -0.896. The molecular formula is C24H29N3O2. The molecule has 5 heteroatoms. The van der Waals surface area contributed by atoms with Crippen molar-refractivity contribution in [3.8, 4) is 11.1 Å². The molecule has 1 aliphatic carbocycles. The van der Waals surface area contributed by atoms with Crippen LogP contribution in [-0.4, -0.2) is 77.6 Å². The zero-order valence-corrected chi connectivity index (χ0v) is 16.8. The van der Waals surface area contributed by atoms with Gasteiger partial charge in [-0.15, -0.1) is 0 Å². The Bertz CT molecular complexity index is 840. The largest absolute Gasteiger partial charge is 0.382 e. The van der Waals surface area contributed by atoms with E-state index in [0.717, 1.165) is 26.2 Å². The molecule has 0 bridgehead atoms. The quantitative estimate of drug-likeness (QED) is 0.869. The molecule has 29 heavy (non-hydrogen) atoms. The van der Waals surface area contributed by atoms with Crippen molar-refractivity contribution in [1.29, 1.82) is 0 Å². The summed E-state index contributed by atoms with van der Waals surface area (Å²) < 4.78 is 0. The number of hydrogen-bond donors (Lipinski definition) is 1. The fourth-order valence-corrected chi connectivity index (χ4v) is 5.22. The highest BCUT2D eigenvalue weighted by Gasteiger charge is 2.35. The van der Waals surface area contributed by atoms with Crippen LogP contribution >= 0.6 is 0 Å². The fraction of sp³-hybridized carbons (Fsp3) is 0.458. The summed E-state index contributed by atoms with van der Waals surface area (Å²) in [4.78, 5) is 19.3. The van der Waals surface area contributed by atoms with Crippen LogP contribution in [0, 0.1) is 0 Å². The number of benzene rings is 2. The Morgan fingerprint density at radius 2 is 1.41 bits per heavy atom. The number of aliphatic hydroxyl groups is 1. The number of amides is 1. The predicted molar refractivity (Wildman–Crippen MR) is 114 cm³/mol. The molecule has 5 rings (SSSR count). The maximum Gasteiger partial charge on any atom is 0.252 e. The average Bonchev–Trinajstić information content (AvgIpc) is 3.39. The van der Waals surface area contributed by atoms with Crippen molar-refractivity contribution in [3.05, 3.63) is 59.7 Å². The molecule has 0 radical (unpaired) electrons. The molecule has 152 valence electrons. The van der Waals surface area contributed by atoms with Gasteiger partial charge in [-0.2, -0.15) is 0 Å². The maximum atomic E-state index is 12.7. The molecule has 5 nitrogen and oxygen atoms in total. The molecule has 2 saturated heterocycles. The Morgan fingerprint density at radius 3 is 2.00 bits per heavy atom. The van der Waals surface area contributed by atoms with Crippen LogP contribution in [0.5, 0.6) is 0 Å². The van der Waals surface area contributed by atoms with Gasteiger partial charge < -0.3 is 14.9 Å². The molecule has 2 aliphatic heterocycles. The summed E-state index contributed by atoms with van der Waals surface area (Å²) in [6.07, 6.45) is 1.45. The minimum absolute atomic E-state index is 0.108. The first kappa shape index (κ1) is 18.8. The monoisotopic (exact) mass is 391 g/mol. The van der Waals surface area contributed by atoms with Gasteiger partial charge in [-0.25, -0.2) is 0 Å². The van der Waals surface area contributed by atoms with Crippen LogP contribution in [0.15, 0.2) is 48.5 Å². The second kappa shape index (κ2) is 7.90.